The summed E-state index contributed by atoms with van der Waals surface area (Å²) in [6, 6.07) is -10.8. The highest BCUT2D eigenvalue weighted by Gasteiger charge is 2.43. The number of likely N-dealkylation sites (tertiary alicyclic amines) is 2. The molecule has 2 saturated heterocycles. The molecule has 27 heteroatoms. The van der Waals surface area contributed by atoms with Gasteiger partial charge < -0.3 is 80.2 Å². The average Bonchev–Trinajstić information content (AvgIpc) is 4.10. The minimum absolute atomic E-state index is 0.00401. The maximum atomic E-state index is 14.4. The molecule has 2 fully saturated rings. The van der Waals surface area contributed by atoms with Crippen molar-refractivity contribution in [3.8, 4) is 0 Å². The number of aliphatic imine (C=N–C) groups is 1. The highest BCUT2D eigenvalue weighted by molar-refractivity contribution is 7.98. The third-order valence-corrected chi connectivity index (χ3v) is 14.8. The molecule has 2 aliphatic heterocycles. The van der Waals surface area contributed by atoms with Crippen LogP contribution >= 0.6 is 11.8 Å². The molecule has 438 valence electrons. The Morgan fingerprint density at radius 2 is 1.08 bits per heavy atom. The first-order chi connectivity index (χ1) is 36.4. The van der Waals surface area contributed by atoms with Crippen molar-refractivity contribution in [2.75, 3.05) is 44.7 Å². The number of guanidine groups is 1. The van der Waals surface area contributed by atoms with Gasteiger partial charge >= 0.3 is 5.97 Å². The second-order valence-electron chi connectivity index (χ2n) is 20.4. The van der Waals surface area contributed by atoms with Gasteiger partial charge in [0.15, 0.2) is 5.96 Å². The summed E-state index contributed by atoms with van der Waals surface area (Å²) in [5.74, 6) is -8.45. The molecular weight excluding hydrogens is 1020 g/mol. The van der Waals surface area contributed by atoms with Gasteiger partial charge in [0.2, 0.25) is 53.2 Å². The number of aliphatic hydroxyl groups is 1. The van der Waals surface area contributed by atoms with E-state index in [1.807, 2.05) is 6.92 Å². The number of nitrogens with one attached hydrogen (secondary N) is 7. The highest BCUT2D eigenvalue weighted by atomic mass is 32.2. The minimum atomic E-state index is -1.61. The maximum Gasteiger partial charge on any atom is 0.326 e. The third kappa shape index (κ3) is 21.2. The first-order valence-corrected chi connectivity index (χ1v) is 28.4. The monoisotopic (exact) mass is 1110 g/mol. The van der Waals surface area contributed by atoms with Crippen LogP contribution in [0, 0.1) is 17.8 Å². The quantitative estimate of drug-likeness (QED) is 0.0180. The van der Waals surface area contributed by atoms with E-state index < -0.39 is 131 Å². The Bertz CT molecular complexity index is 2030. The van der Waals surface area contributed by atoms with Crippen molar-refractivity contribution in [2.45, 2.75) is 186 Å². The predicted octanol–water partition coefficient (Wildman–Crippen LogP) is -2.53. The van der Waals surface area contributed by atoms with Crippen LogP contribution in [-0.2, 0) is 47.9 Å². The van der Waals surface area contributed by atoms with Gasteiger partial charge in [-0.1, -0.05) is 54.4 Å². The standard InChI is InChI=1S/C50H90N14O12S/c1-9-28(5)38(46(72)60-37(27(3)4)49(75)76)61-42(68)31(16-11-12-21-51)57-45(71)35-19-15-24-64(35)48(74)40(30(7)65)62-43(69)33(20-25-77-8)56-41(67)32(17-13-22-55-50(53)54)58-44(70)34-18-14-23-63(34)47(73)39(29(6)10-2)59-36(66)26-52/h27-35,37-40,65H,9-26,51-52H2,1-8H3,(H,56,67)(H,57,71)(H,58,70)(H,59,66)(H,60,72)(H,61,68)(H,62,69)(H,75,76)(H4,53,54,55)/t28-,29-,30+,31-,32-,33-,34-,35-,37-,38-,39-,40-/m0/s1. The number of nitrogens with zero attached hydrogens (tertiary/aromatic N) is 3. The van der Waals surface area contributed by atoms with Crippen molar-refractivity contribution in [1.29, 1.82) is 0 Å². The Morgan fingerprint density at radius 3 is 1.53 bits per heavy atom. The smallest absolute Gasteiger partial charge is 0.326 e. The van der Waals surface area contributed by atoms with Crippen LogP contribution in [0.5, 0.6) is 0 Å². The minimum Gasteiger partial charge on any atom is -0.480 e. The summed E-state index contributed by atoms with van der Waals surface area (Å²) >= 11 is 1.37. The van der Waals surface area contributed by atoms with Gasteiger partial charge in [-0.05, 0) is 107 Å². The molecule has 0 spiro atoms. The van der Waals surface area contributed by atoms with E-state index in [0.717, 1.165) is 0 Å². The molecule has 2 aliphatic rings. The van der Waals surface area contributed by atoms with Gasteiger partial charge in [-0.2, -0.15) is 11.8 Å². The first-order valence-electron chi connectivity index (χ1n) is 27.0. The average molecular weight is 1110 g/mol. The number of thioether (sulfide) groups is 1. The highest BCUT2D eigenvalue weighted by Crippen LogP contribution is 2.23. The summed E-state index contributed by atoms with van der Waals surface area (Å²) in [5, 5.41) is 39.5. The van der Waals surface area contributed by atoms with Crippen LogP contribution in [0.15, 0.2) is 4.99 Å². The van der Waals surface area contributed by atoms with E-state index in [0.29, 0.717) is 50.8 Å². The van der Waals surface area contributed by atoms with Gasteiger partial charge in [-0.15, -0.1) is 0 Å². The predicted molar refractivity (Wildman–Crippen MR) is 291 cm³/mol. The van der Waals surface area contributed by atoms with E-state index in [1.54, 1.807) is 40.9 Å². The molecule has 0 aromatic carbocycles. The number of unbranched alkanes of at least 4 members (excludes halogenated alkanes) is 1. The zero-order valence-corrected chi connectivity index (χ0v) is 47.1. The Hall–Kier alpha value is -5.80. The number of hydrogen-bond donors (Lipinski definition) is 13. The van der Waals surface area contributed by atoms with Gasteiger partial charge in [0, 0.05) is 19.6 Å². The summed E-state index contributed by atoms with van der Waals surface area (Å²) in [4.78, 5) is 143. The van der Waals surface area contributed by atoms with Gasteiger partial charge in [0.25, 0.3) is 0 Å². The Labute approximate surface area is 457 Å². The number of carbonyl (C=O) groups is 10. The summed E-state index contributed by atoms with van der Waals surface area (Å²) in [5.41, 5.74) is 22.3. The third-order valence-electron chi connectivity index (χ3n) is 14.1. The van der Waals surface area contributed by atoms with Gasteiger partial charge in [0.05, 0.1) is 12.6 Å². The summed E-state index contributed by atoms with van der Waals surface area (Å²) in [7, 11) is 0. The largest absolute Gasteiger partial charge is 0.480 e. The molecule has 17 N–H and O–H groups in total. The van der Waals surface area contributed by atoms with Crippen molar-refractivity contribution >= 4 is 76.9 Å². The molecule has 2 rings (SSSR count). The van der Waals surface area contributed by atoms with Crippen LogP contribution in [0.1, 0.15) is 126 Å². The Morgan fingerprint density at radius 1 is 0.610 bits per heavy atom. The molecule has 26 nitrogen and oxygen atoms in total. The lowest BCUT2D eigenvalue weighted by molar-refractivity contribution is -0.145. The van der Waals surface area contributed by atoms with E-state index in [2.05, 4.69) is 42.2 Å². The van der Waals surface area contributed by atoms with E-state index in [9.17, 15) is 58.2 Å². The number of hydrogen-bond acceptors (Lipinski definition) is 15. The lowest BCUT2D eigenvalue weighted by Gasteiger charge is -2.33. The second kappa shape index (κ2) is 34.2. The maximum absolute atomic E-state index is 14.4. The SMILES string of the molecule is CC[C@H](C)[C@H](NC(=O)[C@H](CCCCN)NC(=O)[C@@H]1CCCN1C(=O)[C@@H](NC(=O)[C@H](CCSC)NC(=O)[C@H](CCCN=C(N)N)NC(=O)[C@@H]1CCCN1C(=O)[C@@H](NC(=O)CN)[C@@H](C)CC)[C@@H](C)O)C(=O)N[C@H](C(=O)O)C(C)C. The Kier molecular flexibility index (Phi) is 29.9. The van der Waals surface area contributed by atoms with E-state index in [-0.39, 0.29) is 76.6 Å². The van der Waals surface area contributed by atoms with Crippen LogP contribution in [0.3, 0.4) is 0 Å². The zero-order chi connectivity index (χ0) is 58.1. The number of carbonyl (C=O) groups excluding carboxylic acids is 9. The van der Waals surface area contributed by atoms with Crippen molar-refractivity contribution in [1.82, 2.24) is 47.0 Å². The summed E-state index contributed by atoms with van der Waals surface area (Å²) in [6.07, 6.45) is 3.77. The number of rotatable bonds is 34. The van der Waals surface area contributed by atoms with Crippen molar-refractivity contribution in [3.63, 3.8) is 0 Å². The first kappa shape index (κ1) is 67.3. The number of aliphatic carboxylic acids is 1. The molecule has 9 amide bonds. The molecule has 12 atom stereocenters. The normalized spacial score (nSPS) is 19.2. The molecule has 0 radical (unpaired) electrons. The fourth-order valence-corrected chi connectivity index (χ4v) is 9.55. The molecule has 2 heterocycles. The molecule has 0 aromatic rings. The number of carboxylic acid groups (broad SMARTS) is 1. The molecule has 0 aliphatic carbocycles. The summed E-state index contributed by atoms with van der Waals surface area (Å²) in [6.45, 7) is 12.1. The molecule has 77 heavy (non-hydrogen) atoms. The van der Waals surface area contributed by atoms with E-state index in [1.165, 1.54) is 28.5 Å². The van der Waals surface area contributed by atoms with Gasteiger partial charge in [-0.3, -0.25) is 48.1 Å². The van der Waals surface area contributed by atoms with Crippen molar-refractivity contribution in [3.05, 3.63) is 0 Å². The van der Waals surface area contributed by atoms with Gasteiger partial charge in [0.1, 0.15) is 54.4 Å². The van der Waals surface area contributed by atoms with Crippen LogP contribution in [0.4, 0.5) is 0 Å². The van der Waals surface area contributed by atoms with Crippen molar-refractivity contribution < 1.29 is 58.2 Å². The van der Waals surface area contributed by atoms with Gasteiger partial charge in [-0.25, -0.2) is 4.79 Å². The fraction of sp³-hybridized carbons (Fsp3) is 0.780. The van der Waals surface area contributed by atoms with E-state index in [4.69, 9.17) is 22.9 Å². The van der Waals surface area contributed by atoms with Crippen LogP contribution in [0.2, 0.25) is 0 Å². The molecular formula is C50H90N14O12S. The summed E-state index contributed by atoms with van der Waals surface area (Å²) < 4.78 is 0. The van der Waals surface area contributed by atoms with E-state index >= 15 is 0 Å². The lowest BCUT2D eigenvalue weighted by Crippen LogP contribution is -2.62. The molecule has 0 bridgehead atoms. The number of amides is 9. The molecule has 0 aromatic heterocycles. The lowest BCUT2D eigenvalue weighted by atomic mass is 9.96. The molecule has 0 saturated carbocycles. The molecule has 0 unspecified atom stereocenters. The fourth-order valence-electron chi connectivity index (χ4n) is 9.08. The van der Waals surface area contributed by atoms with Crippen LogP contribution < -0.4 is 60.2 Å². The van der Waals surface area contributed by atoms with Crippen molar-refractivity contribution in [2.24, 2.45) is 45.7 Å². The second-order valence-corrected chi connectivity index (χ2v) is 21.4. The van der Waals surface area contributed by atoms with Crippen LogP contribution in [-0.4, -0.2) is 190 Å². The topological polar surface area (TPSA) is 418 Å². The number of carboxylic acids is 1. The Balaban J connectivity index is 2.39. The number of aliphatic hydroxyl groups excluding tert-OH is 1. The zero-order valence-electron chi connectivity index (χ0n) is 46.3. The van der Waals surface area contributed by atoms with Crippen LogP contribution in [0.25, 0.3) is 0 Å². The number of nitrogens with two attached hydrogens (primary N) is 4.